The summed E-state index contributed by atoms with van der Waals surface area (Å²) in [6.07, 6.45) is 0. The van der Waals surface area contributed by atoms with Crippen LogP contribution in [-0.4, -0.2) is 31.6 Å². The van der Waals surface area contributed by atoms with E-state index in [1.165, 1.54) is 18.2 Å². The smallest absolute Gasteiger partial charge is 0.258 e. The first-order valence-corrected chi connectivity index (χ1v) is 6.61. The number of benzene rings is 1. The number of hydrogen-bond donors (Lipinski definition) is 2. The van der Waals surface area contributed by atoms with E-state index in [4.69, 9.17) is 16.3 Å². The van der Waals surface area contributed by atoms with Gasteiger partial charge >= 0.3 is 0 Å². The lowest BCUT2D eigenvalue weighted by Gasteiger charge is -2.09. The molecule has 1 amide bonds. The Morgan fingerprint density at radius 3 is 2.89 bits per heavy atom. The molecule has 2 fully saturated rings. The molecule has 1 aromatic rings. The molecule has 1 saturated heterocycles. The van der Waals surface area contributed by atoms with Crippen molar-refractivity contribution in [1.82, 2.24) is 10.6 Å². The van der Waals surface area contributed by atoms with Crippen molar-refractivity contribution in [2.45, 2.75) is 6.04 Å². The van der Waals surface area contributed by atoms with Gasteiger partial charge in [0.05, 0.1) is 5.02 Å². The van der Waals surface area contributed by atoms with Crippen LogP contribution in [0.3, 0.4) is 0 Å². The summed E-state index contributed by atoms with van der Waals surface area (Å²) in [6.45, 7) is 1.84. The molecule has 1 saturated carbocycles. The molecule has 1 aliphatic carbocycles. The highest BCUT2D eigenvalue weighted by molar-refractivity contribution is 6.30. The molecule has 1 aliphatic heterocycles. The summed E-state index contributed by atoms with van der Waals surface area (Å²) in [5.74, 6) is 0.709. The minimum absolute atomic E-state index is 0.0371. The van der Waals surface area contributed by atoms with Gasteiger partial charge in [-0.2, -0.15) is 0 Å². The van der Waals surface area contributed by atoms with Gasteiger partial charge in [-0.1, -0.05) is 11.6 Å². The second-order valence-corrected chi connectivity index (χ2v) is 5.35. The number of amides is 1. The summed E-state index contributed by atoms with van der Waals surface area (Å²) in [6, 6.07) is 4.39. The zero-order chi connectivity index (χ0) is 13.4. The van der Waals surface area contributed by atoms with Gasteiger partial charge < -0.3 is 15.4 Å². The molecule has 102 valence electrons. The Balaban J connectivity index is 1.46. The van der Waals surface area contributed by atoms with Gasteiger partial charge in [0.25, 0.3) is 5.91 Å². The molecule has 1 aromatic carbocycles. The van der Waals surface area contributed by atoms with Crippen molar-refractivity contribution in [1.29, 1.82) is 0 Å². The van der Waals surface area contributed by atoms with Crippen molar-refractivity contribution in [3.63, 3.8) is 0 Å². The SMILES string of the molecule is O=C(COc1ccc(Cl)c(F)c1)N[C@H]1[C@@H]2CNC[C@@H]21. The maximum Gasteiger partial charge on any atom is 0.258 e. The highest BCUT2D eigenvalue weighted by Gasteiger charge is 2.53. The molecule has 3 rings (SSSR count). The largest absolute Gasteiger partial charge is 0.484 e. The molecule has 0 aromatic heterocycles. The fourth-order valence-corrected chi connectivity index (χ4v) is 2.69. The molecule has 0 spiro atoms. The fourth-order valence-electron chi connectivity index (χ4n) is 2.58. The van der Waals surface area contributed by atoms with E-state index in [0.717, 1.165) is 13.1 Å². The molecule has 2 aliphatic rings. The molecule has 0 radical (unpaired) electrons. The van der Waals surface area contributed by atoms with Crippen LogP contribution in [0.15, 0.2) is 18.2 Å². The number of hydrogen-bond acceptors (Lipinski definition) is 3. The second kappa shape index (κ2) is 4.98. The molecule has 6 heteroatoms. The fraction of sp³-hybridized carbons (Fsp3) is 0.462. The van der Waals surface area contributed by atoms with Crippen LogP contribution in [0.1, 0.15) is 0 Å². The Morgan fingerprint density at radius 2 is 2.21 bits per heavy atom. The monoisotopic (exact) mass is 284 g/mol. The summed E-state index contributed by atoms with van der Waals surface area (Å²) < 4.78 is 18.4. The van der Waals surface area contributed by atoms with Crippen LogP contribution in [-0.2, 0) is 4.79 Å². The van der Waals surface area contributed by atoms with Crippen molar-refractivity contribution in [3.05, 3.63) is 29.0 Å². The third kappa shape index (κ3) is 2.67. The Bertz CT molecular complexity index is 501. The summed E-state index contributed by atoms with van der Waals surface area (Å²) in [5.41, 5.74) is 0. The third-order valence-electron chi connectivity index (χ3n) is 3.68. The second-order valence-electron chi connectivity index (χ2n) is 4.94. The number of nitrogens with one attached hydrogen (secondary N) is 2. The molecule has 0 bridgehead atoms. The normalized spacial score (nSPS) is 27.8. The van der Waals surface area contributed by atoms with E-state index >= 15 is 0 Å². The molecule has 19 heavy (non-hydrogen) atoms. The predicted octanol–water partition coefficient (Wildman–Crippen LogP) is 1.19. The standard InChI is InChI=1S/C13H14ClFN2O2/c14-10-2-1-7(3-11(10)15)19-6-12(18)17-13-8-4-16-5-9(8)13/h1-3,8-9,13,16H,4-6H2,(H,17,18)/t8-,9+,13+. The number of fused-ring (bicyclic) bond motifs is 1. The van der Waals surface area contributed by atoms with Crippen molar-refractivity contribution in [3.8, 4) is 5.75 Å². The van der Waals surface area contributed by atoms with E-state index in [1.54, 1.807) is 0 Å². The van der Waals surface area contributed by atoms with Gasteiger partial charge in [-0.25, -0.2) is 4.39 Å². The van der Waals surface area contributed by atoms with E-state index in [-0.39, 0.29) is 23.6 Å². The van der Waals surface area contributed by atoms with Gasteiger partial charge in [-0.3, -0.25) is 4.79 Å². The Morgan fingerprint density at radius 1 is 1.47 bits per heavy atom. The van der Waals surface area contributed by atoms with Crippen molar-refractivity contribution in [2.24, 2.45) is 11.8 Å². The predicted molar refractivity (Wildman–Crippen MR) is 68.7 cm³/mol. The van der Waals surface area contributed by atoms with Gasteiger partial charge in [0.15, 0.2) is 6.61 Å². The number of ether oxygens (including phenoxy) is 1. The first-order valence-electron chi connectivity index (χ1n) is 6.23. The van der Waals surface area contributed by atoms with Crippen LogP contribution < -0.4 is 15.4 Å². The Hall–Kier alpha value is -1.33. The van der Waals surface area contributed by atoms with Gasteiger partial charge in [0, 0.05) is 25.2 Å². The van der Waals surface area contributed by atoms with Crippen LogP contribution in [0.2, 0.25) is 5.02 Å². The first kappa shape index (κ1) is 12.7. The molecule has 0 unspecified atom stereocenters. The number of piperidine rings is 1. The first-order chi connectivity index (χ1) is 9.15. The van der Waals surface area contributed by atoms with Crippen LogP contribution >= 0.6 is 11.6 Å². The number of halogens is 2. The van der Waals surface area contributed by atoms with Crippen LogP contribution in [0.5, 0.6) is 5.75 Å². The van der Waals surface area contributed by atoms with Crippen LogP contribution in [0.25, 0.3) is 0 Å². The minimum atomic E-state index is -0.553. The third-order valence-corrected chi connectivity index (χ3v) is 3.99. The minimum Gasteiger partial charge on any atom is -0.484 e. The van der Waals surface area contributed by atoms with E-state index in [0.29, 0.717) is 17.6 Å². The lowest BCUT2D eigenvalue weighted by molar-refractivity contribution is -0.123. The van der Waals surface area contributed by atoms with Crippen LogP contribution in [0, 0.1) is 17.7 Å². The van der Waals surface area contributed by atoms with Crippen LogP contribution in [0.4, 0.5) is 4.39 Å². The summed E-state index contributed by atoms with van der Waals surface area (Å²) in [4.78, 5) is 11.7. The number of carbonyl (C=O) groups is 1. The van der Waals surface area contributed by atoms with Gasteiger partial charge in [0.2, 0.25) is 0 Å². The lowest BCUT2D eigenvalue weighted by atomic mass is 10.3. The molecule has 1 heterocycles. The van der Waals surface area contributed by atoms with E-state index in [1.807, 2.05) is 0 Å². The van der Waals surface area contributed by atoms with E-state index in [2.05, 4.69) is 10.6 Å². The number of carbonyl (C=O) groups excluding carboxylic acids is 1. The summed E-state index contributed by atoms with van der Waals surface area (Å²) >= 11 is 5.56. The molecule has 3 atom stereocenters. The molecular weight excluding hydrogens is 271 g/mol. The van der Waals surface area contributed by atoms with Crippen molar-refractivity contribution >= 4 is 17.5 Å². The molecular formula is C13H14ClFN2O2. The van der Waals surface area contributed by atoms with Gasteiger partial charge in [0.1, 0.15) is 11.6 Å². The van der Waals surface area contributed by atoms with E-state index < -0.39 is 5.82 Å². The maximum absolute atomic E-state index is 13.2. The Labute approximate surface area is 115 Å². The lowest BCUT2D eigenvalue weighted by Crippen LogP contribution is -2.35. The number of rotatable bonds is 4. The van der Waals surface area contributed by atoms with Crippen molar-refractivity contribution < 1.29 is 13.9 Å². The molecule has 2 N–H and O–H groups in total. The Kier molecular flexibility index (Phi) is 3.33. The highest BCUT2D eigenvalue weighted by Crippen LogP contribution is 2.41. The maximum atomic E-state index is 13.2. The van der Waals surface area contributed by atoms with E-state index in [9.17, 15) is 9.18 Å². The molecule has 4 nitrogen and oxygen atoms in total. The quantitative estimate of drug-likeness (QED) is 0.873. The zero-order valence-corrected chi connectivity index (χ0v) is 10.9. The van der Waals surface area contributed by atoms with Gasteiger partial charge in [-0.05, 0) is 24.0 Å². The average Bonchev–Trinajstić information content (AvgIpc) is 2.84. The highest BCUT2D eigenvalue weighted by atomic mass is 35.5. The topological polar surface area (TPSA) is 50.4 Å². The van der Waals surface area contributed by atoms with Crippen molar-refractivity contribution in [2.75, 3.05) is 19.7 Å². The zero-order valence-electron chi connectivity index (χ0n) is 10.2. The summed E-state index contributed by atoms with van der Waals surface area (Å²) in [7, 11) is 0. The van der Waals surface area contributed by atoms with Gasteiger partial charge in [-0.15, -0.1) is 0 Å². The average molecular weight is 285 g/mol. The summed E-state index contributed by atoms with van der Waals surface area (Å²) in [5, 5.41) is 6.22.